The number of carbonyl (C=O) groups excluding carboxylic acids is 2. The lowest BCUT2D eigenvalue weighted by atomic mass is 10.2. The van der Waals surface area contributed by atoms with Crippen molar-refractivity contribution >= 4 is 53.5 Å². The molecule has 2 heterocycles. The second-order valence-electron chi connectivity index (χ2n) is 9.06. The highest BCUT2D eigenvalue weighted by Gasteiger charge is 2.32. The van der Waals surface area contributed by atoms with Gasteiger partial charge in [0.2, 0.25) is 20.0 Å². The van der Waals surface area contributed by atoms with Crippen molar-refractivity contribution in [3.8, 4) is 0 Å². The smallest absolute Gasteiger partial charge is 0.307 e. The van der Waals surface area contributed by atoms with E-state index in [1.807, 2.05) is 13.8 Å². The first-order valence-corrected chi connectivity index (χ1v) is 15.7. The van der Waals surface area contributed by atoms with E-state index in [9.17, 15) is 26.4 Å². The van der Waals surface area contributed by atoms with Gasteiger partial charge in [-0.15, -0.1) is 0 Å². The fourth-order valence-corrected chi connectivity index (χ4v) is 7.53. The van der Waals surface area contributed by atoms with Gasteiger partial charge in [-0.2, -0.15) is 9.30 Å². The van der Waals surface area contributed by atoms with Crippen LogP contribution in [0, 0.1) is 0 Å². The highest BCUT2D eigenvalue weighted by Crippen LogP contribution is 2.23. The average molecular weight is 597 g/mol. The van der Waals surface area contributed by atoms with Crippen LogP contribution in [0.25, 0.3) is 10.2 Å². The van der Waals surface area contributed by atoms with E-state index in [1.54, 1.807) is 4.57 Å². The van der Waals surface area contributed by atoms with Gasteiger partial charge in [-0.05, 0) is 56.3 Å². The zero-order valence-electron chi connectivity index (χ0n) is 21.4. The van der Waals surface area contributed by atoms with Crippen molar-refractivity contribution < 1.29 is 35.9 Å². The lowest BCUT2D eigenvalue weighted by Crippen LogP contribution is -2.48. The van der Waals surface area contributed by atoms with Crippen LogP contribution < -0.4 is 9.94 Å². The van der Waals surface area contributed by atoms with E-state index in [0.29, 0.717) is 10.2 Å². The predicted molar refractivity (Wildman–Crippen MR) is 143 cm³/mol. The normalized spacial score (nSPS) is 19.3. The summed E-state index contributed by atoms with van der Waals surface area (Å²) in [5.74, 6) is -1.11. The summed E-state index contributed by atoms with van der Waals surface area (Å²) in [5.41, 5.74) is 0.707. The number of aromatic nitrogens is 1. The number of rotatable bonds is 7. The van der Waals surface area contributed by atoms with E-state index in [1.165, 1.54) is 53.9 Å². The number of nitrogens with zero attached hydrogens (tertiary/aromatic N) is 3. The molecular formula is C24H28N4O8S3. The van der Waals surface area contributed by atoms with Crippen molar-refractivity contribution in [2.24, 2.45) is 10.1 Å². The minimum absolute atomic E-state index is 0.00796. The quantitative estimate of drug-likeness (QED) is 0.400. The molecule has 2 aromatic carbocycles. The number of thiazole rings is 1. The molecular weight excluding hydrogens is 568 g/mol. The maximum Gasteiger partial charge on any atom is 0.307 e. The Balaban J connectivity index is 1.68. The fourth-order valence-electron chi connectivity index (χ4n) is 4.23. The largest absolute Gasteiger partial charge is 0.469 e. The molecule has 0 aliphatic carbocycles. The monoisotopic (exact) mass is 596 g/mol. The maximum atomic E-state index is 13.1. The number of hydrogen-bond acceptors (Lipinski definition) is 9. The molecule has 210 valence electrons. The molecule has 0 saturated carbocycles. The Morgan fingerprint density at radius 2 is 1.67 bits per heavy atom. The van der Waals surface area contributed by atoms with Crippen molar-refractivity contribution in [2.45, 2.75) is 48.8 Å². The number of fused-ring (bicyclic) bond motifs is 1. The van der Waals surface area contributed by atoms with Crippen molar-refractivity contribution in [1.29, 1.82) is 0 Å². The molecule has 12 nitrogen and oxygen atoms in total. The van der Waals surface area contributed by atoms with Crippen LogP contribution in [0.1, 0.15) is 30.6 Å². The lowest BCUT2D eigenvalue weighted by molar-refractivity contribution is -0.140. The number of hydrogen-bond donors (Lipinski definition) is 1. The van der Waals surface area contributed by atoms with Crippen LogP contribution in [0.3, 0.4) is 0 Å². The molecule has 3 aromatic rings. The van der Waals surface area contributed by atoms with E-state index in [2.05, 4.69) is 4.99 Å². The van der Waals surface area contributed by atoms with Crippen LogP contribution in [0.5, 0.6) is 0 Å². The third kappa shape index (κ3) is 6.45. The van der Waals surface area contributed by atoms with Gasteiger partial charge in [-0.1, -0.05) is 11.3 Å². The van der Waals surface area contributed by atoms with Crippen LogP contribution in [0.2, 0.25) is 0 Å². The topological polar surface area (TPSA) is 167 Å². The fraction of sp³-hybridized carbons (Fsp3) is 0.375. The Kier molecular flexibility index (Phi) is 8.39. The molecule has 1 amide bonds. The van der Waals surface area contributed by atoms with Crippen LogP contribution in [-0.4, -0.2) is 70.0 Å². The van der Waals surface area contributed by atoms with Gasteiger partial charge in [0, 0.05) is 25.2 Å². The number of primary sulfonamides is 1. The first kappa shape index (κ1) is 29.0. The molecule has 1 saturated heterocycles. The van der Waals surface area contributed by atoms with Gasteiger partial charge in [0.25, 0.3) is 5.91 Å². The van der Waals surface area contributed by atoms with E-state index < -0.39 is 31.9 Å². The molecule has 2 atom stereocenters. The van der Waals surface area contributed by atoms with E-state index in [0.717, 1.165) is 11.3 Å². The number of methoxy groups -OCH3 is 1. The molecule has 0 radical (unpaired) electrons. The van der Waals surface area contributed by atoms with Gasteiger partial charge in [0.15, 0.2) is 4.80 Å². The maximum absolute atomic E-state index is 13.1. The van der Waals surface area contributed by atoms with Crippen molar-refractivity contribution in [1.82, 2.24) is 8.87 Å². The Labute approximate surface area is 229 Å². The van der Waals surface area contributed by atoms with Gasteiger partial charge >= 0.3 is 5.97 Å². The number of nitrogens with two attached hydrogens (primary N) is 1. The number of benzene rings is 2. The van der Waals surface area contributed by atoms with Crippen molar-refractivity contribution in [3.63, 3.8) is 0 Å². The summed E-state index contributed by atoms with van der Waals surface area (Å²) in [6.45, 7) is 4.20. The Hall–Kier alpha value is -2.95. The zero-order chi connectivity index (χ0) is 28.5. The number of sulfonamides is 2. The molecule has 1 fully saturated rings. The highest BCUT2D eigenvalue weighted by molar-refractivity contribution is 7.89. The Morgan fingerprint density at radius 1 is 1.05 bits per heavy atom. The van der Waals surface area contributed by atoms with Gasteiger partial charge in [-0.3, -0.25) is 9.59 Å². The zero-order valence-corrected chi connectivity index (χ0v) is 23.9. The molecule has 1 aromatic heterocycles. The van der Waals surface area contributed by atoms with Crippen molar-refractivity contribution in [2.75, 3.05) is 20.2 Å². The molecule has 15 heteroatoms. The number of ether oxygens (including phenoxy) is 2. The number of carbonyl (C=O) groups is 2. The molecule has 0 spiro atoms. The molecule has 2 unspecified atom stereocenters. The molecule has 2 N–H and O–H groups in total. The van der Waals surface area contributed by atoms with Crippen LogP contribution >= 0.6 is 11.3 Å². The Morgan fingerprint density at radius 3 is 2.26 bits per heavy atom. The number of amides is 1. The van der Waals surface area contributed by atoms with Gasteiger partial charge < -0.3 is 14.0 Å². The summed E-state index contributed by atoms with van der Waals surface area (Å²) >= 11 is 1.05. The summed E-state index contributed by atoms with van der Waals surface area (Å²) in [7, 11) is -6.48. The summed E-state index contributed by atoms with van der Waals surface area (Å²) in [6.07, 6.45) is -0.487. The first-order chi connectivity index (χ1) is 18.3. The third-order valence-corrected chi connectivity index (χ3v) is 9.87. The van der Waals surface area contributed by atoms with Crippen LogP contribution in [-0.2, 0) is 40.9 Å². The molecule has 1 aliphatic rings. The third-order valence-electron chi connectivity index (χ3n) is 6.07. The molecule has 1 aliphatic heterocycles. The molecule has 0 bridgehead atoms. The summed E-state index contributed by atoms with van der Waals surface area (Å²) in [5, 5.41) is 5.25. The van der Waals surface area contributed by atoms with Gasteiger partial charge in [-0.25, -0.2) is 22.0 Å². The number of aryl methyl sites for hydroxylation is 1. The number of esters is 1. The second-order valence-corrected chi connectivity index (χ2v) is 13.6. The Bertz CT molecular complexity index is 1680. The molecule has 39 heavy (non-hydrogen) atoms. The minimum Gasteiger partial charge on any atom is -0.469 e. The predicted octanol–water partition coefficient (Wildman–Crippen LogP) is 1.45. The van der Waals surface area contributed by atoms with Crippen LogP contribution in [0.4, 0.5) is 0 Å². The first-order valence-electron chi connectivity index (χ1n) is 11.9. The summed E-state index contributed by atoms with van der Waals surface area (Å²) in [4.78, 5) is 29.2. The van der Waals surface area contributed by atoms with Gasteiger partial charge in [0.05, 0.1) is 45.7 Å². The molecule has 4 rings (SSSR count). The second kappa shape index (κ2) is 11.3. The summed E-state index contributed by atoms with van der Waals surface area (Å²) in [6, 6.07) is 9.73. The van der Waals surface area contributed by atoms with E-state index in [-0.39, 0.29) is 58.4 Å². The lowest BCUT2D eigenvalue weighted by Gasteiger charge is -2.34. The van der Waals surface area contributed by atoms with Crippen molar-refractivity contribution in [3.05, 3.63) is 52.8 Å². The minimum atomic E-state index is -3.96. The van der Waals surface area contributed by atoms with E-state index in [4.69, 9.17) is 14.6 Å². The SMILES string of the molecule is COC(=O)CCn1c(=NC(=O)c2ccc(S(=O)(=O)N3CC(C)OC(C)C3)cc2)sc2cc(S(N)(=O)=O)ccc21. The standard InChI is InChI=1S/C24H28N4O8S3/c1-15-13-27(14-16(2)36-15)39(33,34)18-6-4-17(5-7-18)23(30)26-24-28(11-10-22(29)35-3)20-9-8-19(38(25,31)32)12-21(20)37-24/h4-9,12,15-16H,10-11,13-14H2,1-3H3,(H2,25,31,32). The highest BCUT2D eigenvalue weighted by atomic mass is 32.2. The average Bonchev–Trinajstić information content (AvgIpc) is 3.22. The summed E-state index contributed by atoms with van der Waals surface area (Å²) < 4.78 is 63.6. The van der Waals surface area contributed by atoms with Crippen LogP contribution in [0.15, 0.2) is 57.2 Å². The number of morpholine rings is 1. The van der Waals surface area contributed by atoms with Gasteiger partial charge in [0.1, 0.15) is 0 Å². The van der Waals surface area contributed by atoms with E-state index >= 15 is 0 Å².